The predicted molar refractivity (Wildman–Crippen MR) is 80.3 cm³/mol. The van der Waals surface area contributed by atoms with Gasteiger partial charge in [0, 0.05) is 6.04 Å². The molecule has 106 valence electrons. The van der Waals surface area contributed by atoms with Crippen molar-refractivity contribution in [3.8, 4) is 0 Å². The van der Waals surface area contributed by atoms with Crippen LogP contribution in [0.5, 0.6) is 0 Å². The van der Waals surface area contributed by atoms with E-state index in [0.717, 1.165) is 31.7 Å². The Labute approximate surface area is 117 Å². The minimum atomic E-state index is -0.157. The molecule has 0 aromatic heterocycles. The molecule has 2 rings (SSSR count). The second-order valence-electron chi connectivity index (χ2n) is 6.30. The van der Waals surface area contributed by atoms with Crippen LogP contribution in [0.15, 0.2) is 30.3 Å². The van der Waals surface area contributed by atoms with E-state index in [0.29, 0.717) is 12.0 Å². The Morgan fingerprint density at radius 1 is 1.16 bits per heavy atom. The van der Waals surface area contributed by atoms with Gasteiger partial charge in [0.05, 0.1) is 6.10 Å². The van der Waals surface area contributed by atoms with E-state index in [9.17, 15) is 5.11 Å². The molecule has 2 heteroatoms. The maximum absolute atomic E-state index is 10.1. The van der Waals surface area contributed by atoms with Crippen molar-refractivity contribution in [1.29, 1.82) is 0 Å². The van der Waals surface area contributed by atoms with Crippen molar-refractivity contribution in [3.05, 3.63) is 35.9 Å². The molecule has 0 spiro atoms. The third-order valence-corrected chi connectivity index (χ3v) is 4.11. The Kier molecular flexibility index (Phi) is 5.41. The van der Waals surface area contributed by atoms with Gasteiger partial charge in [0.1, 0.15) is 0 Å². The molecule has 2 N–H and O–H groups in total. The van der Waals surface area contributed by atoms with Crippen LogP contribution in [0.1, 0.15) is 51.0 Å². The molecule has 1 saturated carbocycles. The molecule has 0 amide bonds. The fraction of sp³-hybridized carbons (Fsp3) is 0.647. The molecule has 1 aliphatic rings. The standard InChI is InChI=1S/C17H27NO/c1-13(2)8-9-18-16-10-15(11-17(19)12-16)14-6-4-3-5-7-14/h3-7,13,15-19H,8-12H2,1-2H3. The van der Waals surface area contributed by atoms with Crippen LogP contribution in [0.2, 0.25) is 0 Å². The van der Waals surface area contributed by atoms with Crippen LogP contribution in [-0.4, -0.2) is 23.8 Å². The highest BCUT2D eigenvalue weighted by Crippen LogP contribution is 2.33. The van der Waals surface area contributed by atoms with E-state index < -0.39 is 0 Å². The van der Waals surface area contributed by atoms with Gasteiger partial charge in [-0.25, -0.2) is 0 Å². The maximum atomic E-state index is 10.1. The normalized spacial score (nSPS) is 27.7. The molecule has 19 heavy (non-hydrogen) atoms. The third-order valence-electron chi connectivity index (χ3n) is 4.11. The fourth-order valence-corrected chi connectivity index (χ4v) is 3.03. The molecule has 1 aliphatic carbocycles. The van der Waals surface area contributed by atoms with Crippen molar-refractivity contribution in [1.82, 2.24) is 5.32 Å². The average molecular weight is 261 g/mol. The summed E-state index contributed by atoms with van der Waals surface area (Å²) in [4.78, 5) is 0. The molecule has 0 heterocycles. The van der Waals surface area contributed by atoms with Crippen molar-refractivity contribution in [2.45, 2.75) is 57.6 Å². The van der Waals surface area contributed by atoms with Gasteiger partial charge in [0.25, 0.3) is 0 Å². The van der Waals surface area contributed by atoms with Crippen LogP contribution < -0.4 is 5.32 Å². The highest BCUT2D eigenvalue weighted by atomic mass is 16.3. The molecule has 1 fully saturated rings. The lowest BCUT2D eigenvalue weighted by Crippen LogP contribution is -2.39. The second-order valence-corrected chi connectivity index (χ2v) is 6.30. The number of aliphatic hydroxyl groups is 1. The van der Waals surface area contributed by atoms with Crippen LogP contribution in [0.25, 0.3) is 0 Å². The summed E-state index contributed by atoms with van der Waals surface area (Å²) in [5, 5.41) is 13.7. The van der Waals surface area contributed by atoms with Crippen LogP contribution >= 0.6 is 0 Å². The van der Waals surface area contributed by atoms with Crippen molar-refractivity contribution in [2.24, 2.45) is 5.92 Å². The first kappa shape index (κ1) is 14.5. The van der Waals surface area contributed by atoms with Gasteiger partial charge < -0.3 is 10.4 Å². The van der Waals surface area contributed by atoms with E-state index in [-0.39, 0.29) is 6.10 Å². The summed E-state index contributed by atoms with van der Waals surface area (Å²) >= 11 is 0. The summed E-state index contributed by atoms with van der Waals surface area (Å²) < 4.78 is 0. The van der Waals surface area contributed by atoms with Crippen LogP contribution in [-0.2, 0) is 0 Å². The molecule has 3 atom stereocenters. The van der Waals surface area contributed by atoms with Crippen LogP contribution in [0, 0.1) is 5.92 Å². The SMILES string of the molecule is CC(C)CCNC1CC(O)CC(c2ccccc2)C1. The van der Waals surface area contributed by atoms with E-state index in [2.05, 4.69) is 49.5 Å². The highest BCUT2D eigenvalue weighted by molar-refractivity contribution is 5.20. The van der Waals surface area contributed by atoms with E-state index in [1.165, 1.54) is 12.0 Å². The first-order valence-corrected chi connectivity index (χ1v) is 7.61. The summed E-state index contributed by atoms with van der Waals surface area (Å²) in [5.41, 5.74) is 1.37. The lowest BCUT2D eigenvalue weighted by molar-refractivity contribution is 0.100. The van der Waals surface area contributed by atoms with Gasteiger partial charge in [-0.15, -0.1) is 0 Å². The van der Waals surface area contributed by atoms with Crippen molar-refractivity contribution in [2.75, 3.05) is 6.54 Å². The number of hydrogen-bond acceptors (Lipinski definition) is 2. The first-order chi connectivity index (χ1) is 9.15. The van der Waals surface area contributed by atoms with E-state index in [1.54, 1.807) is 0 Å². The summed E-state index contributed by atoms with van der Waals surface area (Å²) in [6, 6.07) is 11.1. The molecule has 0 bridgehead atoms. The number of benzene rings is 1. The third kappa shape index (κ3) is 4.63. The lowest BCUT2D eigenvalue weighted by atomic mass is 9.80. The van der Waals surface area contributed by atoms with Gasteiger partial charge >= 0.3 is 0 Å². The number of aliphatic hydroxyl groups excluding tert-OH is 1. The zero-order valence-corrected chi connectivity index (χ0v) is 12.2. The predicted octanol–water partition coefficient (Wildman–Crippen LogP) is 3.32. The van der Waals surface area contributed by atoms with Gasteiger partial charge in [0.2, 0.25) is 0 Å². The Hall–Kier alpha value is -0.860. The molecular weight excluding hydrogens is 234 g/mol. The number of hydrogen-bond donors (Lipinski definition) is 2. The minimum Gasteiger partial charge on any atom is -0.393 e. The summed E-state index contributed by atoms with van der Waals surface area (Å²) in [6.07, 6.45) is 4.02. The Bertz CT molecular complexity index is 363. The van der Waals surface area contributed by atoms with Gasteiger partial charge in [-0.2, -0.15) is 0 Å². The van der Waals surface area contributed by atoms with E-state index in [4.69, 9.17) is 0 Å². The second kappa shape index (κ2) is 7.06. The molecule has 3 unspecified atom stereocenters. The van der Waals surface area contributed by atoms with Gasteiger partial charge in [-0.3, -0.25) is 0 Å². The smallest absolute Gasteiger partial charge is 0.0561 e. The zero-order valence-electron chi connectivity index (χ0n) is 12.2. The number of nitrogens with one attached hydrogen (secondary N) is 1. The molecule has 2 nitrogen and oxygen atoms in total. The topological polar surface area (TPSA) is 32.3 Å². The van der Waals surface area contributed by atoms with Gasteiger partial charge in [-0.05, 0) is 49.6 Å². The number of rotatable bonds is 5. The highest BCUT2D eigenvalue weighted by Gasteiger charge is 2.28. The van der Waals surface area contributed by atoms with Crippen molar-refractivity contribution in [3.63, 3.8) is 0 Å². The van der Waals surface area contributed by atoms with Crippen LogP contribution in [0.4, 0.5) is 0 Å². The largest absolute Gasteiger partial charge is 0.393 e. The maximum Gasteiger partial charge on any atom is 0.0561 e. The Morgan fingerprint density at radius 3 is 2.58 bits per heavy atom. The summed E-state index contributed by atoms with van der Waals surface area (Å²) in [5.74, 6) is 1.24. The Morgan fingerprint density at radius 2 is 1.89 bits per heavy atom. The van der Waals surface area contributed by atoms with Crippen LogP contribution in [0.3, 0.4) is 0 Å². The summed E-state index contributed by atoms with van der Waals surface area (Å²) in [6.45, 7) is 5.57. The molecule has 1 aromatic rings. The first-order valence-electron chi connectivity index (χ1n) is 7.61. The monoisotopic (exact) mass is 261 g/mol. The molecule has 0 radical (unpaired) electrons. The van der Waals surface area contributed by atoms with Crippen molar-refractivity contribution >= 4 is 0 Å². The van der Waals surface area contributed by atoms with Gasteiger partial charge in [0.15, 0.2) is 0 Å². The zero-order chi connectivity index (χ0) is 13.7. The van der Waals surface area contributed by atoms with Crippen molar-refractivity contribution < 1.29 is 5.11 Å². The molecular formula is C17H27NO. The minimum absolute atomic E-state index is 0.157. The quantitative estimate of drug-likeness (QED) is 0.852. The van der Waals surface area contributed by atoms with E-state index >= 15 is 0 Å². The molecule has 0 aliphatic heterocycles. The molecule has 0 saturated heterocycles. The molecule has 1 aromatic carbocycles. The Balaban J connectivity index is 1.89. The average Bonchev–Trinajstić information content (AvgIpc) is 2.39. The van der Waals surface area contributed by atoms with E-state index in [1.807, 2.05) is 0 Å². The van der Waals surface area contributed by atoms with Gasteiger partial charge in [-0.1, -0.05) is 44.2 Å². The lowest BCUT2D eigenvalue weighted by Gasteiger charge is -2.33. The summed E-state index contributed by atoms with van der Waals surface area (Å²) in [7, 11) is 0. The fourth-order valence-electron chi connectivity index (χ4n) is 3.03.